The number of hydrogen-bond donors (Lipinski definition) is 0. The van der Waals surface area contributed by atoms with Crippen molar-refractivity contribution in [2.45, 2.75) is 19.0 Å². The van der Waals surface area contributed by atoms with E-state index in [4.69, 9.17) is 4.74 Å². The minimum absolute atomic E-state index is 0.0563. The lowest BCUT2D eigenvalue weighted by atomic mass is 10.2. The Hall–Kier alpha value is -2.47. The number of benzene rings is 1. The Labute approximate surface area is 142 Å². The molecule has 3 rings (SSSR count). The average molecular weight is 326 g/mol. The number of nitrogens with zero attached hydrogens (tertiary/aromatic N) is 4. The lowest BCUT2D eigenvalue weighted by Crippen LogP contribution is -2.36. The molecule has 0 saturated carbocycles. The highest BCUT2D eigenvalue weighted by molar-refractivity contribution is 5.94. The van der Waals surface area contributed by atoms with E-state index in [1.807, 2.05) is 29.2 Å². The minimum atomic E-state index is 0.0563. The van der Waals surface area contributed by atoms with Crippen molar-refractivity contribution in [2.24, 2.45) is 0 Å². The maximum atomic E-state index is 12.7. The summed E-state index contributed by atoms with van der Waals surface area (Å²) in [7, 11) is 3.66. The molecule has 6 heteroatoms. The molecular formula is C18H22N4O2. The Morgan fingerprint density at radius 1 is 1.33 bits per heavy atom. The first-order valence-electron chi connectivity index (χ1n) is 8.07. The summed E-state index contributed by atoms with van der Waals surface area (Å²) in [6.07, 6.45) is 4.46. The van der Waals surface area contributed by atoms with E-state index in [0.717, 1.165) is 25.3 Å². The van der Waals surface area contributed by atoms with E-state index in [1.165, 1.54) is 0 Å². The summed E-state index contributed by atoms with van der Waals surface area (Å²) in [5.74, 6) is 1.56. The van der Waals surface area contributed by atoms with E-state index in [1.54, 1.807) is 25.6 Å². The zero-order chi connectivity index (χ0) is 16.9. The minimum Gasteiger partial charge on any atom is -0.497 e. The lowest BCUT2D eigenvalue weighted by molar-refractivity contribution is 0.0779. The van der Waals surface area contributed by atoms with Crippen LogP contribution in [0.2, 0.25) is 0 Å². The van der Waals surface area contributed by atoms with Crippen LogP contribution in [0.25, 0.3) is 0 Å². The summed E-state index contributed by atoms with van der Waals surface area (Å²) in [5, 5.41) is 0. The van der Waals surface area contributed by atoms with Gasteiger partial charge in [-0.1, -0.05) is 6.07 Å². The van der Waals surface area contributed by atoms with Crippen molar-refractivity contribution in [3.63, 3.8) is 0 Å². The first-order valence-corrected chi connectivity index (χ1v) is 8.07. The van der Waals surface area contributed by atoms with Gasteiger partial charge in [-0.15, -0.1) is 0 Å². The molecule has 2 aromatic rings. The Kier molecular flexibility index (Phi) is 5.05. The molecule has 1 aromatic heterocycles. The summed E-state index contributed by atoms with van der Waals surface area (Å²) in [4.78, 5) is 25.3. The van der Waals surface area contributed by atoms with Crippen molar-refractivity contribution in [1.29, 1.82) is 0 Å². The number of amides is 1. The Bertz CT molecular complexity index is 692. The SMILES string of the molecule is COc1cccc(C(=O)N2CC[C@H](N(C)Cc3ncccn3)C2)c1. The molecule has 1 saturated heterocycles. The van der Waals surface area contributed by atoms with Crippen molar-refractivity contribution in [2.75, 3.05) is 27.2 Å². The average Bonchev–Trinajstić information content (AvgIpc) is 3.12. The molecule has 1 aliphatic heterocycles. The van der Waals surface area contributed by atoms with Crippen LogP contribution >= 0.6 is 0 Å². The summed E-state index contributed by atoms with van der Waals surface area (Å²) < 4.78 is 5.20. The quantitative estimate of drug-likeness (QED) is 0.839. The van der Waals surface area contributed by atoms with Crippen molar-refractivity contribution in [3.8, 4) is 5.75 Å². The molecule has 0 aliphatic carbocycles. The van der Waals surface area contributed by atoms with Crippen LogP contribution in [0, 0.1) is 0 Å². The normalized spacial score (nSPS) is 17.3. The van der Waals surface area contributed by atoms with E-state index >= 15 is 0 Å². The van der Waals surface area contributed by atoms with Gasteiger partial charge >= 0.3 is 0 Å². The third-order valence-electron chi connectivity index (χ3n) is 4.40. The van der Waals surface area contributed by atoms with Gasteiger partial charge < -0.3 is 9.64 Å². The van der Waals surface area contributed by atoms with Crippen molar-refractivity contribution in [3.05, 3.63) is 54.1 Å². The lowest BCUT2D eigenvalue weighted by Gasteiger charge is -2.24. The molecule has 0 spiro atoms. The van der Waals surface area contributed by atoms with Crippen LogP contribution in [0.3, 0.4) is 0 Å². The van der Waals surface area contributed by atoms with Crippen LogP contribution in [0.4, 0.5) is 0 Å². The van der Waals surface area contributed by atoms with Gasteiger partial charge in [-0.25, -0.2) is 9.97 Å². The van der Waals surface area contributed by atoms with Crippen LogP contribution in [0.5, 0.6) is 5.75 Å². The second kappa shape index (κ2) is 7.40. The highest BCUT2D eigenvalue weighted by atomic mass is 16.5. The number of likely N-dealkylation sites (N-methyl/N-ethyl adjacent to an activating group) is 1. The molecule has 126 valence electrons. The Morgan fingerprint density at radius 2 is 2.12 bits per heavy atom. The summed E-state index contributed by atoms with van der Waals surface area (Å²) >= 11 is 0. The zero-order valence-electron chi connectivity index (χ0n) is 14.1. The van der Waals surface area contributed by atoms with Gasteiger partial charge in [0.2, 0.25) is 0 Å². The van der Waals surface area contributed by atoms with Crippen LogP contribution in [-0.4, -0.2) is 59.0 Å². The molecule has 1 aliphatic rings. The van der Waals surface area contributed by atoms with Crippen LogP contribution in [-0.2, 0) is 6.54 Å². The number of methoxy groups -OCH3 is 1. The van der Waals surface area contributed by atoms with Gasteiger partial charge in [-0.3, -0.25) is 9.69 Å². The summed E-state index contributed by atoms with van der Waals surface area (Å²) in [6, 6.07) is 9.45. The monoisotopic (exact) mass is 326 g/mol. The number of likely N-dealkylation sites (tertiary alicyclic amines) is 1. The van der Waals surface area contributed by atoms with Gasteiger partial charge in [0.15, 0.2) is 0 Å². The first kappa shape index (κ1) is 16.4. The van der Waals surface area contributed by atoms with Gasteiger partial charge in [-0.05, 0) is 37.7 Å². The summed E-state index contributed by atoms with van der Waals surface area (Å²) in [5.41, 5.74) is 0.670. The van der Waals surface area contributed by atoms with Crippen LogP contribution < -0.4 is 4.74 Å². The highest BCUT2D eigenvalue weighted by Crippen LogP contribution is 2.20. The second-order valence-corrected chi connectivity index (χ2v) is 6.01. The smallest absolute Gasteiger partial charge is 0.254 e. The third kappa shape index (κ3) is 3.71. The predicted molar refractivity (Wildman–Crippen MR) is 90.8 cm³/mol. The molecule has 1 amide bonds. The highest BCUT2D eigenvalue weighted by Gasteiger charge is 2.29. The molecular weight excluding hydrogens is 304 g/mol. The number of hydrogen-bond acceptors (Lipinski definition) is 5. The predicted octanol–water partition coefficient (Wildman–Crippen LogP) is 1.83. The zero-order valence-corrected chi connectivity index (χ0v) is 14.1. The van der Waals surface area contributed by atoms with Gasteiger partial charge in [0, 0.05) is 37.1 Å². The largest absolute Gasteiger partial charge is 0.497 e. The van der Waals surface area contributed by atoms with Gasteiger partial charge in [0.1, 0.15) is 11.6 Å². The van der Waals surface area contributed by atoms with Gasteiger partial charge in [-0.2, -0.15) is 0 Å². The van der Waals surface area contributed by atoms with E-state index in [9.17, 15) is 4.79 Å². The third-order valence-corrected chi connectivity index (χ3v) is 4.40. The van der Waals surface area contributed by atoms with E-state index in [-0.39, 0.29) is 5.91 Å². The van der Waals surface area contributed by atoms with E-state index in [2.05, 4.69) is 21.9 Å². The molecule has 0 radical (unpaired) electrons. The molecule has 6 nitrogen and oxygen atoms in total. The molecule has 0 N–H and O–H groups in total. The van der Waals surface area contributed by atoms with Crippen LogP contribution in [0.1, 0.15) is 22.6 Å². The van der Waals surface area contributed by atoms with E-state index in [0.29, 0.717) is 23.9 Å². The topological polar surface area (TPSA) is 58.6 Å². The summed E-state index contributed by atoms with van der Waals surface area (Å²) in [6.45, 7) is 2.17. The number of aromatic nitrogens is 2. The maximum absolute atomic E-state index is 12.7. The number of carbonyl (C=O) groups is 1. The van der Waals surface area contributed by atoms with Crippen molar-refractivity contribution >= 4 is 5.91 Å². The molecule has 0 unspecified atom stereocenters. The Morgan fingerprint density at radius 3 is 2.88 bits per heavy atom. The standard InChI is InChI=1S/C18H22N4O2/c1-21(13-17-19-8-4-9-20-17)15-7-10-22(12-15)18(23)14-5-3-6-16(11-14)24-2/h3-6,8-9,11,15H,7,10,12-13H2,1-2H3/t15-/m0/s1. The number of ether oxygens (including phenoxy) is 1. The fourth-order valence-electron chi connectivity index (χ4n) is 2.99. The van der Waals surface area contributed by atoms with Gasteiger partial charge in [0.25, 0.3) is 5.91 Å². The fraction of sp³-hybridized carbons (Fsp3) is 0.389. The molecule has 2 heterocycles. The fourth-order valence-corrected chi connectivity index (χ4v) is 2.99. The number of carbonyl (C=O) groups excluding carboxylic acids is 1. The molecule has 0 bridgehead atoms. The van der Waals surface area contributed by atoms with Crippen molar-refractivity contribution < 1.29 is 9.53 Å². The van der Waals surface area contributed by atoms with Crippen molar-refractivity contribution in [1.82, 2.24) is 19.8 Å². The first-order chi connectivity index (χ1) is 11.7. The molecule has 24 heavy (non-hydrogen) atoms. The van der Waals surface area contributed by atoms with Gasteiger partial charge in [0.05, 0.1) is 13.7 Å². The Balaban J connectivity index is 1.61. The molecule has 1 atom stereocenters. The molecule has 1 aromatic carbocycles. The molecule has 1 fully saturated rings. The maximum Gasteiger partial charge on any atom is 0.254 e. The second-order valence-electron chi connectivity index (χ2n) is 6.01. The van der Waals surface area contributed by atoms with E-state index < -0.39 is 0 Å². The van der Waals surface area contributed by atoms with Crippen LogP contribution in [0.15, 0.2) is 42.7 Å². The number of rotatable bonds is 5.